The van der Waals surface area contributed by atoms with E-state index in [1.165, 1.54) is 18.7 Å². The number of hydrogen-bond donors (Lipinski definition) is 2. The topological polar surface area (TPSA) is 78.2 Å². The van der Waals surface area contributed by atoms with Gasteiger partial charge in [0.15, 0.2) is 0 Å². The Balaban J connectivity index is 0.000000411. The second-order valence-electron chi connectivity index (χ2n) is 3.00. The van der Waals surface area contributed by atoms with Gasteiger partial charge in [0, 0.05) is 5.56 Å². The van der Waals surface area contributed by atoms with Gasteiger partial charge in [-0.1, -0.05) is 29.3 Å². The molecule has 2 N–H and O–H groups in total. The molecule has 0 bridgehead atoms. The molecule has 0 aliphatic carbocycles. The van der Waals surface area contributed by atoms with Crippen LogP contribution in [-0.2, 0) is 10.1 Å². The predicted octanol–water partition coefficient (Wildman–Crippen LogP) is 3.58. The summed E-state index contributed by atoms with van der Waals surface area (Å²) in [4.78, 5) is 0. The van der Waals surface area contributed by atoms with Crippen LogP contribution >= 0.6 is 35.0 Å². The summed E-state index contributed by atoms with van der Waals surface area (Å²) in [6, 6.07) is 5.23. The number of thioether (sulfide) groups is 1. The van der Waals surface area contributed by atoms with Crippen molar-refractivity contribution in [3.63, 3.8) is 0 Å². The Morgan fingerprint density at radius 1 is 1.39 bits per heavy atom. The van der Waals surface area contributed by atoms with Crippen LogP contribution in [0.5, 0.6) is 0 Å². The van der Waals surface area contributed by atoms with Crippen molar-refractivity contribution in [2.75, 3.05) is 12.0 Å². The quantitative estimate of drug-likeness (QED) is 0.494. The molecule has 0 heterocycles. The Kier molecular flexibility index (Phi) is 7.89. The molecule has 1 aromatic carbocycles. The van der Waals surface area contributed by atoms with Crippen molar-refractivity contribution >= 4 is 50.1 Å². The fourth-order valence-electron chi connectivity index (χ4n) is 0.817. The maximum atomic E-state index is 9.56. The molecule has 1 aromatic rings. The van der Waals surface area contributed by atoms with Crippen molar-refractivity contribution in [3.8, 4) is 0 Å². The van der Waals surface area contributed by atoms with E-state index in [4.69, 9.17) is 33.2 Å². The van der Waals surface area contributed by atoms with Gasteiger partial charge in [-0.25, -0.2) is 0 Å². The van der Waals surface area contributed by atoms with Crippen molar-refractivity contribution in [2.45, 2.75) is 6.92 Å². The van der Waals surface area contributed by atoms with Crippen molar-refractivity contribution in [3.05, 3.63) is 33.8 Å². The van der Waals surface area contributed by atoms with Gasteiger partial charge in [-0.15, -0.1) is 11.8 Å². The van der Waals surface area contributed by atoms with E-state index in [1.54, 1.807) is 18.2 Å². The molecule has 0 aliphatic rings. The van der Waals surface area contributed by atoms with E-state index >= 15 is 0 Å². The molecular weight excluding hydrogens is 317 g/mol. The highest BCUT2D eigenvalue weighted by atomic mass is 35.5. The molecule has 0 saturated carbocycles. The Hall–Kier alpha value is -0.270. The minimum Gasteiger partial charge on any atom is -0.293 e. The van der Waals surface area contributed by atoms with Crippen LogP contribution in [0, 0.1) is 5.41 Å². The summed E-state index contributed by atoms with van der Waals surface area (Å²) in [7, 11) is -3.66. The first-order valence-corrected chi connectivity index (χ1v) is 8.34. The van der Waals surface area contributed by atoms with Crippen molar-refractivity contribution in [1.29, 1.82) is 5.41 Å². The molecule has 4 nitrogen and oxygen atoms in total. The van der Waals surface area contributed by atoms with E-state index < -0.39 is 10.1 Å². The van der Waals surface area contributed by atoms with Crippen LogP contribution in [0.2, 0.25) is 10.0 Å². The third kappa shape index (κ3) is 6.61. The SMILES string of the molecule is CCS(=O)(=O)O.CSC(=N)c1c(Cl)cccc1Cl. The Labute approximate surface area is 121 Å². The second-order valence-corrected chi connectivity index (χ2v) is 6.37. The average molecular weight is 330 g/mol. The van der Waals surface area contributed by atoms with E-state index in [0.29, 0.717) is 20.7 Å². The molecule has 0 spiro atoms. The maximum Gasteiger partial charge on any atom is 0.264 e. The first-order chi connectivity index (χ1) is 8.22. The molecule has 0 radical (unpaired) electrons. The monoisotopic (exact) mass is 329 g/mol. The van der Waals surface area contributed by atoms with Gasteiger partial charge in [0.2, 0.25) is 0 Å². The summed E-state index contributed by atoms with van der Waals surface area (Å²) < 4.78 is 26.9. The molecule has 18 heavy (non-hydrogen) atoms. The van der Waals surface area contributed by atoms with Gasteiger partial charge in [0.05, 0.1) is 20.8 Å². The smallest absolute Gasteiger partial charge is 0.264 e. The summed E-state index contributed by atoms with van der Waals surface area (Å²) in [5, 5.41) is 9.01. The second kappa shape index (κ2) is 8.01. The minimum absolute atomic E-state index is 0.201. The van der Waals surface area contributed by atoms with Crippen LogP contribution in [0.25, 0.3) is 0 Å². The molecule has 0 aromatic heterocycles. The van der Waals surface area contributed by atoms with Crippen LogP contribution in [0.15, 0.2) is 18.2 Å². The zero-order valence-electron chi connectivity index (χ0n) is 9.78. The van der Waals surface area contributed by atoms with Gasteiger partial charge in [-0.3, -0.25) is 9.96 Å². The fraction of sp³-hybridized carbons (Fsp3) is 0.300. The average Bonchev–Trinajstić information content (AvgIpc) is 2.28. The number of hydrogen-bond acceptors (Lipinski definition) is 4. The Bertz CT molecular complexity index is 498. The number of benzene rings is 1. The minimum atomic E-state index is -3.66. The Morgan fingerprint density at radius 3 is 2.06 bits per heavy atom. The third-order valence-electron chi connectivity index (χ3n) is 1.76. The van der Waals surface area contributed by atoms with Gasteiger partial charge < -0.3 is 0 Å². The first-order valence-electron chi connectivity index (χ1n) is 4.75. The van der Waals surface area contributed by atoms with Crippen molar-refractivity contribution < 1.29 is 13.0 Å². The van der Waals surface area contributed by atoms with E-state index in [2.05, 4.69) is 0 Å². The highest BCUT2D eigenvalue weighted by molar-refractivity contribution is 8.13. The van der Waals surface area contributed by atoms with Crippen LogP contribution in [-0.4, -0.2) is 30.0 Å². The Morgan fingerprint density at radius 2 is 1.78 bits per heavy atom. The van der Waals surface area contributed by atoms with Crippen LogP contribution < -0.4 is 0 Å². The van der Waals surface area contributed by atoms with Gasteiger partial charge in [0.25, 0.3) is 10.1 Å². The molecule has 0 aliphatic heterocycles. The standard InChI is InChI=1S/C8H7Cl2NS.C2H6O3S/c1-12-8(11)7-5(9)3-2-4-6(7)10;1-2-6(3,4)5/h2-4,11H,1H3;2H2,1H3,(H,3,4,5). The van der Waals surface area contributed by atoms with E-state index in [-0.39, 0.29) is 5.75 Å². The number of halogens is 2. The maximum absolute atomic E-state index is 9.56. The highest BCUT2D eigenvalue weighted by Gasteiger charge is 2.09. The lowest BCUT2D eigenvalue weighted by Gasteiger charge is -2.04. The summed E-state index contributed by atoms with van der Waals surface area (Å²) in [5.74, 6) is -0.201. The normalized spacial score (nSPS) is 10.5. The molecule has 0 atom stereocenters. The summed E-state index contributed by atoms with van der Waals surface area (Å²) >= 11 is 13.0. The first kappa shape index (κ1) is 17.7. The van der Waals surface area contributed by atoms with Crippen LogP contribution in [0.1, 0.15) is 12.5 Å². The van der Waals surface area contributed by atoms with Gasteiger partial charge in [-0.2, -0.15) is 8.42 Å². The summed E-state index contributed by atoms with van der Waals surface area (Å²) in [6.45, 7) is 1.37. The van der Waals surface area contributed by atoms with Crippen LogP contribution in [0.3, 0.4) is 0 Å². The molecule has 0 saturated heterocycles. The third-order valence-corrected chi connectivity index (χ3v) is 3.73. The fourth-order valence-corrected chi connectivity index (χ4v) is 1.94. The zero-order valence-corrected chi connectivity index (χ0v) is 12.9. The van der Waals surface area contributed by atoms with E-state index in [1.807, 2.05) is 6.26 Å². The molecular formula is C10H13Cl2NO3S2. The summed E-state index contributed by atoms with van der Waals surface area (Å²) in [5.41, 5.74) is 0.619. The summed E-state index contributed by atoms with van der Waals surface area (Å²) in [6.07, 6.45) is 1.82. The highest BCUT2D eigenvalue weighted by Crippen LogP contribution is 2.27. The lowest BCUT2D eigenvalue weighted by Crippen LogP contribution is -1.97. The number of rotatable bonds is 2. The predicted molar refractivity (Wildman–Crippen MR) is 78.9 cm³/mol. The molecule has 102 valence electrons. The number of nitrogens with one attached hydrogen (secondary N) is 1. The largest absolute Gasteiger partial charge is 0.293 e. The molecule has 1 rings (SSSR count). The lowest BCUT2D eigenvalue weighted by atomic mass is 10.2. The lowest BCUT2D eigenvalue weighted by molar-refractivity contribution is 0.484. The zero-order chi connectivity index (χ0) is 14.3. The van der Waals surface area contributed by atoms with Crippen LogP contribution in [0.4, 0.5) is 0 Å². The van der Waals surface area contributed by atoms with Gasteiger partial charge in [-0.05, 0) is 25.3 Å². The molecule has 8 heteroatoms. The molecule has 0 fully saturated rings. The molecule has 0 amide bonds. The van der Waals surface area contributed by atoms with E-state index in [0.717, 1.165) is 0 Å². The van der Waals surface area contributed by atoms with E-state index in [9.17, 15) is 8.42 Å². The van der Waals surface area contributed by atoms with Crippen molar-refractivity contribution in [2.24, 2.45) is 0 Å². The molecule has 0 unspecified atom stereocenters. The van der Waals surface area contributed by atoms with Gasteiger partial charge in [0.1, 0.15) is 0 Å². The van der Waals surface area contributed by atoms with Crippen molar-refractivity contribution in [1.82, 2.24) is 0 Å². The van der Waals surface area contributed by atoms with Gasteiger partial charge >= 0.3 is 0 Å².